The Morgan fingerprint density at radius 1 is 0.398 bits per heavy atom. The number of unbranched alkanes of at least 4 members (excludes halogenated alkanes) is 42. The summed E-state index contributed by atoms with van der Waals surface area (Å²) in [6.07, 6.45) is 60.4. The molecule has 14 nitrogen and oxygen atoms in total. The summed E-state index contributed by atoms with van der Waals surface area (Å²) < 4.78 is 22.9. The van der Waals surface area contributed by atoms with Gasteiger partial charge in [0.15, 0.2) is 12.6 Å². The molecule has 0 aromatic rings. The lowest BCUT2D eigenvalue weighted by Gasteiger charge is -2.46. The molecule has 2 aliphatic heterocycles. The van der Waals surface area contributed by atoms with E-state index < -0.39 is 86.8 Å². The van der Waals surface area contributed by atoms with Crippen LogP contribution >= 0.6 is 0 Å². The first-order valence-electron chi connectivity index (χ1n) is 36.9. The molecule has 1 amide bonds. The highest BCUT2D eigenvalue weighted by Crippen LogP contribution is 2.30. The van der Waals surface area contributed by atoms with Gasteiger partial charge in [-0.2, -0.15) is 0 Å². The quantitative estimate of drug-likeness (QED) is 0.0204. The molecule has 12 unspecified atom stereocenters. The molecule has 0 bridgehead atoms. The van der Waals surface area contributed by atoms with Crippen LogP contribution in [-0.2, 0) is 23.7 Å². The minimum Gasteiger partial charge on any atom is -0.394 e. The van der Waals surface area contributed by atoms with E-state index in [9.17, 15) is 45.6 Å². The zero-order chi connectivity index (χ0) is 63.8. The second kappa shape index (κ2) is 58.7. The molecule has 2 saturated heterocycles. The molecule has 9 N–H and O–H groups in total. The molecule has 0 aliphatic carbocycles. The number of hydrogen-bond donors (Lipinski definition) is 9. The Morgan fingerprint density at radius 3 is 1.11 bits per heavy atom. The zero-order valence-corrected chi connectivity index (χ0v) is 56.2. The van der Waals surface area contributed by atoms with Gasteiger partial charge in [-0.3, -0.25) is 4.79 Å². The third-order valence-electron chi connectivity index (χ3n) is 18.0. The molecule has 2 fully saturated rings. The molecule has 14 heteroatoms. The highest BCUT2D eigenvalue weighted by atomic mass is 16.7. The number of hydrogen-bond acceptors (Lipinski definition) is 13. The van der Waals surface area contributed by atoms with Crippen molar-refractivity contribution in [2.24, 2.45) is 0 Å². The second-order valence-corrected chi connectivity index (χ2v) is 26.1. The number of amides is 1. The van der Waals surface area contributed by atoms with Crippen LogP contribution in [0.1, 0.15) is 322 Å². The highest BCUT2D eigenvalue weighted by Gasteiger charge is 2.51. The van der Waals surface area contributed by atoms with Gasteiger partial charge in [-0.1, -0.05) is 294 Å². The summed E-state index contributed by atoms with van der Waals surface area (Å²) in [5.74, 6) is -0.250. The van der Waals surface area contributed by atoms with Gasteiger partial charge < -0.3 is 65.1 Å². The van der Waals surface area contributed by atoms with E-state index in [1.54, 1.807) is 6.08 Å². The Labute approximate surface area is 537 Å². The summed E-state index contributed by atoms with van der Waals surface area (Å²) in [5.41, 5.74) is 0. The first-order chi connectivity index (χ1) is 43.1. The summed E-state index contributed by atoms with van der Waals surface area (Å²) in [5, 5.41) is 87.5. The van der Waals surface area contributed by atoms with E-state index in [2.05, 4.69) is 55.6 Å². The van der Waals surface area contributed by atoms with Crippen LogP contribution in [0.3, 0.4) is 0 Å². The van der Waals surface area contributed by atoms with Crippen molar-refractivity contribution < 1.29 is 64.6 Å². The minimum absolute atomic E-state index is 0.250. The van der Waals surface area contributed by atoms with Gasteiger partial charge in [0.05, 0.1) is 32.0 Å². The number of aliphatic hydroxyl groups is 8. The fraction of sp³-hybridized carbons (Fsp3) is 0.878. The van der Waals surface area contributed by atoms with E-state index in [-0.39, 0.29) is 18.9 Å². The van der Waals surface area contributed by atoms with Crippen LogP contribution in [0.15, 0.2) is 48.6 Å². The number of nitrogens with one attached hydrogen (secondary N) is 1. The number of allylic oxidation sites excluding steroid dienone is 7. The Bertz CT molecular complexity index is 1660. The molecule has 2 heterocycles. The van der Waals surface area contributed by atoms with E-state index in [0.717, 1.165) is 44.9 Å². The van der Waals surface area contributed by atoms with E-state index in [1.807, 2.05) is 6.08 Å². The highest BCUT2D eigenvalue weighted by molar-refractivity contribution is 5.76. The monoisotopic (exact) mass is 1250 g/mol. The smallest absolute Gasteiger partial charge is 0.220 e. The van der Waals surface area contributed by atoms with Crippen LogP contribution in [0.5, 0.6) is 0 Å². The molecule has 12 atom stereocenters. The van der Waals surface area contributed by atoms with Gasteiger partial charge in [-0.15, -0.1) is 0 Å². The van der Waals surface area contributed by atoms with Crippen LogP contribution in [-0.4, -0.2) is 140 Å². The van der Waals surface area contributed by atoms with E-state index >= 15 is 0 Å². The molecule has 0 saturated carbocycles. The maximum Gasteiger partial charge on any atom is 0.220 e. The van der Waals surface area contributed by atoms with Gasteiger partial charge in [0.2, 0.25) is 5.91 Å². The lowest BCUT2D eigenvalue weighted by molar-refractivity contribution is -0.359. The Hall–Kier alpha value is -2.05. The van der Waals surface area contributed by atoms with Crippen molar-refractivity contribution in [1.29, 1.82) is 0 Å². The summed E-state index contributed by atoms with van der Waals surface area (Å²) in [6, 6.07) is -0.940. The van der Waals surface area contributed by atoms with Gasteiger partial charge in [-0.05, 0) is 70.6 Å². The minimum atomic E-state index is -1.79. The van der Waals surface area contributed by atoms with E-state index in [4.69, 9.17) is 18.9 Å². The third-order valence-corrected chi connectivity index (χ3v) is 18.0. The largest absolute Gasteiger partial charge is 0.394 e. The predicted octanol–water partition coefficient (Wildman–Crippen LogP) is 15.5. The first-order valence-corrected chi connectivity index (χ1v) is 36.9. The molecular formula is C74H137NO13. The fourth-order valence-corrected chi connectivity index (χ4v) is 12.1. The van der Waals surface area contributed by atoms with Gasteiger partial charge >= 0.3 is 0 Å². The van der Waals surface area contributed by atoms with Gasteiger partial charge in [0.25, 0.3) is 0 Å². The molecule has 88 heavy (non-hydrogen) atoms. The normalized spacial score (nSPS) is 23.4. The van der Waals surface area contributed by atoms with Crippen LogP contribution in [0.2, 0.25) is 0 Å². The fourth-order valence-electron chi connectivity index (χ4n) is 12.1. The maximum absolute atomic E-state index is 13.3. The van der Waals surface area contributed by atoms with Crippen LogP contribution in [0.25, 0.3) is 0 Å². The third kappa shape index (κ3) is 42.2. The van der Waals surface area contributed by atoms with Crippen molar-refractivity contribution >= 4 is 5.91 Å². The molecule has 516 valence electrons. The van der Waals surface area contributed by atoms with Gasteiger partial charge in [0, 0.05) is 6.42 Å². The number of aliphatic hydroxyl groups excluding tert-OH is 8. The number of rotatable bonds is 61. The predicted molar refractivity (Wildman–Crippen MR) is 360 cm³/mol. The zero-order valence-electron chi connectivity index (χ0n) is 56.2. The molecular weight excluding hydrogens is 1110 g/mol. The average molecular weight is 1250 g/mol. The summed E-state index contributed by atoms with van der Waals surface area (Å²) in [4.78, 5) is 13.3. The number of carbonyl (C=O) groups excluding carboxylic acids is 1. The summed E-state index contributed by atoms with van der Waals surface area (Å²) >= 11 is 0. The number of carbonyl (C=O) groups is 1. The van der Waals surface area contributed by atoms with E-state index in [0.29, 0.717) is 12.8 Å². The van der Waals surface area contributed by atoms with Crippen molar-refractivity contribution in [2.45, 2.75) is 396 Å². The molecule has 2 aliphatic rings. The number of ether oxygens (including phenoxy) is 4. The SMILES string of the molecule is CCCCCCCCCC/C=C\CCCCCCCCCCCCCCCC(=O)NC(COC1OC(CO)C(OC2OC(CO)C(O)C(O)C2O)C(O)C1O)C(O)/C=C/CC/C=C/CC/C=C/CCCCCCCCCCCCCCCCCCCCC. The van der Waals surface area contributed by atoms with Crippen molar-refractivity contribution in [2.75, 3.05) is 19.8 Å². The molecule has 2 rings (SSSR count). The van der Waals surface area contributed by atoms with Gasteiger partial charge in [0.1, 0.15) is 48.8 Å². The topological polar surface area (TPSA) is 228 Å². The van der Waals surface area contributed by atoms with E-state index in [1.165, 1.54) is 244 Å². The molecule has 0 radical (unpaired) electrons. The Morgan fingerprint density at radius 2 is 0.727 bits per heavy atom. The Kier molecular flexibility index (Phi) is 54.8. The van der Waals surface area contributed by atoms with Crippen LogP contribution < -0.4 is 5.32 Å². The first kappa shape index (κ1) is 82.0. The van der Waals surface area contributed by atoms with Gasteiger partial charge in [-0.25, -0.2) is 0 Å². The molecule has 0 spiro atoms. The Balaban J connectivity index is 1.69. The summed E-state index contributed by atoms with van der Waals surface area (Å²) in [7, 11) is 0. The lowest BCUT2D eigenvalue weighted by Crippen LogP contribution is -2.65. The molecule has 0 aromatic heterocycles. The van der Waals surface area contributed by atoms with Crippen molar-refractivity contribution in [1.82, 2.24) is 5.32 Å². The molecule has 0 aromatic carbocycles. The average Bonchev–Trinajstić information content (AvgIpc) is 2.07. The standard InChI is InChI=1S/C74H137NO13/c1-3-5-7-9-11-13-15-17-19-21-23-25-27-29-30-31-32-34-35-37-39-41-43-45-47-49-51-53-55-57-63(78)62(61-85-73-71(84)69(82)72(65(60-77)87-73)88-74-70(83)68(81)67(80)64(59-76)86-74)75-66(79)58-56-54-52-50-48-46-44-42-40-38-36-33-28-26-24-22-20-18-16-14-12-10-8-6-4-2/h22,24,39,41,47,49,55,57,62-65,67-74,76-78,80-84H,3-21,23,25-38,40,42-46,48,50-54,56,58-61H2,1-2H3,(H,75,79)/b24-22-,41-39+,49-47+,57-55+. The van der Waals surface area contributed by atoms with Crippen LogP contribution in [0, 0.1) is 0 Å². The second-order valence-electron chi connectivity index (χ2n) is 26.1. The summed E-state index contributed by atoms with van der Waals surface area (Å²) in [6.45, 7) is 2.82. The van der Waals surface area contributed by atoms with Crippen molar-refractivity contribution in [3.8, 4) is 0 Å². The maximum atomic E-state index is 13.3. The van der Waals surface area contributed by atoms with Crippen molar-refractivity contribution in [3.63, 3.8) is 0 Å². The van der Waals surface area contributed by atoms with Crippen LogP contribution in [0.4, 0.5) is 0 Å². The van der Waals surface area contributed by atoms with Crippen molar-refractivity contribution in [3.05, 3.63) is 48.6 Å². The lowest BCUT2D eigenvalue weighted by atomic mass is 9.97.